The SMILES string of the molecule is COC(=O)C(C)Oc1ccc(/C=C/c2ccc(Cl)cc2)cc1. The van der Waals surface area contributed by atoms with Crippen LogP contribution in [0.3, 0.4) is 0 Å². The van der Waals surface area contributed by atoms with Gasteiger partial charge in [-0.05, 0) is 42.3 Å². The molecule has 0 aromatic heterocycles. The maximum Gasteiger partial charge on any atom is 0.346 e. The third-order valence-electron chi connectivity index (χ3n) is 3.06. The van der Waals surface area contributed by atoms with Crippen LogP contribution in [0.1, 0.15) is 18.1 Å². The van der Waals surface area contributed by atoms with E-state index in [0.717, 1.165) is 16.1 Å². The van der Waals surface area contributed by atoms with Crippen molar-refractivity contribution in [1.82, 2.24) is 0 Å². The molecule has 1 atom stereocenters. The molecule has 0 amide bonds. The first kappa shape index (κ1) is 16.1. The number of hydrogen-bond donors (Lipinski definition) is 0. The Labute approximate surface area is 135 Å². The Morgan fingerprint density at radius 2 is 1.50 bits per heavy atom. The maximum atomic E-state index is 11.3. The summed E-state index contributed by atoms with van der Waals surface area (Å²) < 4.78 is 10.1. The van der Waals surface area contributed by atoms with E-state index in [4.69, 9.17) is 16.3 Å². The van der Waals surface area contributed by atoms with Crippen molar-refractivity contribution in [1.29, 1.82) is 0 Å². The maximum absolute atomic E-state index is 11.3. The minimum absolute atomic E-state index is 0.397. The molecule has 4 heteroatoms. The lowest BCUT2D eigenvalue weighted by molar-refractivity contribution is -0.147. The Hall–Kier alpha value is -2.26. The van der Waals surface area contributed by atoms with Gasteiger partial charge in [-0.1, -0.05) is 48.0 Å². The standard InChI is InChI=1S/C18H17ClO3/c1-13(18(20)21-2)22-17-11-7-15(8-12-17)4-3-14-5-9-16(19)10-6-14/h3-13H,1-2H3/b4-3+. The number of esters is 1. The molecule has 0 heterocycles. The van der Waals surface area contributed by atoms with Gasteiger partial charge >= 0.3 is 5.97 Å². The lowest BCUT2D eigenvalue weighted by Crippen LogP contribution is -2.24. The quantitative estimate of drug-likeness (QED) is 0.604. The van der Waals surface area contributed by atoms with Gasteiger partial charge in [-0.2, -0.15) is 0 Å². The first-order chi connectivity index (χ1) is 10.6. The highest BCUT2D eigenvalue weighted by Crippen LogP contribution is 2.17. The zero-order valence-corrected chi connectivity index (χ0v) is 13.2. The summed E-state index contributed by atoms with van der Waals surface area (Å²) >= 11 is 5.85. The molecule has 0 aliphatic heterocycles. The highest BCUT2D eigenvalue weighted by molar-refractivity contribution is 6.30. The first-order valence-corrected chi connectivity index (χ1v) is 7.24. The smallest absolute Gasteiger partial charge is 0.346 e. The molecule has 0 saturated heterocycles. The molecule has 0 spiro atoms. The number of ether oxygens (including phenoxy) is 2. The third kappa shape index (κ3) is 4.64. The Bertz CT molecular complexity index is 645. The van der Waals surface area contributed by atoms with Crippen LogP contribution in [-0.2, 0) is 9.53 Å². The summed E-state index contributed by atoms with van der Waals surface area (Å²) in [7, 11) is 1.34. The average molecular weight is 317 g/mol. The molecule has 0 bridgehead atoms. The average Bonchev–Trinajstić information content (AvgIpc) is 2.55. The van der Waals surface area contributed by atoms with Crippen LogP contribution in [0.25, 0.3) is 12.2 Å². The molecule has 0 fully saturated rings. The van der Waals surface area contributed by atoms with Crippen molar-refractivity contribution >= 4 is 29.7 Å². The van der Waals surface area contributed by atoms with Gasteiger partial charge in [-0.15, -0.1) is 0 Å². The van der Waals surface area contributed by atoms with Crippen LogP contribution in [0, 0.1) is 0 Å². The zero-order chi connectivity index (χ0) is 15.9. The van der Waals surface area contributed by atoms with Crippen molar-refractivity contribution in [2.24, 2.45) is 0 Å². The van der Waals surface area contributed by atoms with Gasteiger partial charge in [0.1, 0.15) is 5.75 Å². The van der Waals surface area contributed by atoms with E-state index < -0.39 is 12.1 Å². The minimum Gasteiger partial charge on any atom is -0.479 e. The van der Waals surface area contributed by atoms with Crippen molar-refractivity contribution in [2.75, 3.05) is 7.11 Å². The van der Waals surface area contributed by atoms with E-state index >= 15 is 0 Å². The third-order valence-corrected chi connectivity index (χ3v) is 3.32. The van der Waals surface area contributed by atoms with Crippen molar-refractivity contribution in [2.45, 2.75) is 13.0 Å². The Kier molecular flexibility index (Phi) is 5.61. The largest absolute Gasteiger partial charge is 0.479 e. The Morgan fingerprint density at radius 3 is 2.00 bits per heavy atom. The summed E-state index contributed by atoms with van der Waals surface area (Å²) in [6.07, 6.45) is 3.38. The van der Waals surface area contributed by atoms with Crippen molar-refractivity contribution in [3.8, 4) is 5.75 Å². The molecular formula is C18H17ClO3. The number of rotatable bonds is 5. The fourth-order valence-electron chi connectivity index (χ4n) is 1.84. The molecule has 0 saturated carbocycles. The van der Waals surface area contributed by atoms with Crippen LogP contribution < -0.4 is 4.74 Å². The molecule has 2 aromatic carbocycles. The van der Waals surface area contributed by atoms with Gasteiger partial charge in [-0.25, -0.2) is 4.79 Å². The van der Waals surface area contributed by atoms with Crippen molar-refractivity contribution in [3.63, 3.8) is 0 Å². The molecule has 1 unspecified atom stereocenters. The second-order valence-corrected chi connectivity index (χ2v) is 5.17. The van der Waals surface area contributed by atoms with Gasteiger partial charge in [0.05, 0.1) is 7.11 Å². The topological polar surface area (TPSA) is 35.5 Å². The highest BCUT2D eigenvalue weighted by atomic mass is 35.5. The molecule has 0 aliphatic carbocycles. The van der Waals surface area contributed by atoms with E-state index in [1.54, 1.807) is 6.92 Å². The predicted octanol–water partition coefficient (Wildman–Crippen LogP) is 4.45. The summed E-state index contributed by atoms with van der Waals surface area (Å²) in [5.74, 6) is 0.230. The van der Waals surface area contributed by atoms with Crippen molar-refractivity contribution in [3.05, 3.63) is 64.7 Å². The van der Waals surface area contributed by atoms with Gasteiger partial charge in [-0.3, -0.25) is 0 Å². The van der Waals surface area contributed by atoms with Gasteiger partial charge < -0.3 is 9.47 Å². The fourth-order valence-corrected chi connectivity index (χ4v) is 1.97. The van der Waals surface area contributed by atoms with Crippen LogP contribution in [0.2, 0.25) is 5.02 Å². The van der Waals surface area contributed by atoms with Crippen LogP contribution in [0.5, 0.6) is 5.75 Å². The molecule has 2 aromatic rings. The second-order valence-electron chi connectivity index (χ2n) is 4.74. The normalized spacial score (nSPS) is 12.1. The lowest BCUT2D eigenvalue weighted by atomic mass is 10.1. The monoisotopic (exact) mass is 316 g/mol. The molecule has 22 heavy (non-hydrogen) atoms. The molecule has 0 radical (unpaired) electrons. The van der Waals surface area contributed by atoms with E-state index in [2.05, 4.69) is 4.74 Å². The van der Waals surface area contributed by atoms with E-state index in [1.165, 1.54) is 7.11 Å². The summed E-state index contributed by atoms with van der Waals surface area (Å²) in [6.45, 7) is 1.65. The molecule has 3 nitrogen and oxygen atoms in total. The first-order valence-electron chi connectivity index (χ1n) is 6.86. The van der Waals surface area contributed by atoms with Gasteiger partial charge in [0.25, 0.3) is 0 Å². The second kappa shape index (κ2) is 7.66. The summed E-state index contributed by atoms with van der Waals surface area (Å²) in [5, 5.41) is 0.721. The lowest BCUT2D eigenvalue weighted by Gasteiger charge is -2.12. The number of halogens is 1. The van der Waals surface area contributed by atoms with Crippen LogP contribution in [0.4, 0.5) is 0 Å². The predicted molar refractivity (Wildman–Crippen MR) is 88.9 cm³/mol. The number of hydrogen-bond acceptors (Lipinski definition) is 3. The number of carbonyl (C=O) groups excluding carboxylic acids is 1. The highest BCUT2D eigenvalue weighted by Gasteiger charge is 2.14. The van der Waals surface area contributed by atoms with E-state index in [0.29, 0.717) is 5.75 Å². The van der Waals surface area contributed by atoms with E-state index in [1.807, 2.05) is 60.7 Å². The van der Waals surface area contributed by atoms with Crippen LogP contribution >= 0.6 is 11.6 Å². The van der Waals surface area contributed by atoms with Crippen LogP contribution in [0.15, 0.2) is 48.5 Å². The summed E-state index contributed by atoms with van der Waals surface area (Å²) in [5.41, 5.74) is 2.11. The molecular weight excluding hydrogens is 300 g/mol. The number of methoxy groups -OCH3 is 1. The Balaban J connectivity index is 1.99. The Morgan fingerprint density at radius 1 is 1.00 bits per heavy atom. The molecule has 114 valence electrons. The van der Waals surface area contributed by atoms with Gasteiger partial charge in [0.15, 0.2) is 6.10 Å². The summed E-state index contributed by atoms with van der Waals surface area (Å²) in [4.78, 5) is 11.3. The minimum atomic E-state index is -0.625. The van der Waals surface area contributed by atoms with E-state index in [9.17, 15) is 4.79 Å². The number of carbonyl (C=O) groups is 1. The molecule has 2 rings (SSSR count). The van der Waals surface area contributed by atoms with E-state index in [-0.39, 0.29) is 0 Å². The van der Waals surface area contributed by atoms with Gasteiger partial charge in [0, 0.05) is 5.02 Å². The number of benzene rings is 2. The zero-order valence-electron chi connectivity index (χ0n) is 12.5. The fraction of sp³-hybridized carbons (Fsp3) is 0.167. The van der Waals surface area contributed by atoms with Crippen LogP contribution in [-0.4, -0.2) is 19.2 Å². The molecule has 0 N–H and O–H groups in total. The molecule has 0 aliphatic rings. The van der Waals surface area contributed by atoms with Gasteiger partial charge in [0.2, 0.25) is 0 Å². The van der Waals surface area contributed by atoms with Crippen molar-refractivity contribution < 1.29 is 14.3 Å². The summed E-state index contributed by atoms with van der Waals surface area (Å²) in [6, 6.07) is 15.1.